The van der Waals surface area contributed by atoms with Gasteiger partial charge in [-0.2, -0.15) is 0 Å². The van der Waals surface area contributed by atoms with Gasteiger partial charge in [0.2, 0.25) is 5.76 Å². The lowest BCUT2D eigenvalue weighted by Crippen LogP contribution is -2.44. The average molecular weight is 250 g/mol. The summed E-state index contributed by atoms with van der Waals surface area (Å²) in [5, 5.41) is 0. The molecule has 1 aliphatic rings. The molecule has 1 aliphatic heterocycles. The summed E-state index contributed by atoms with van der Waals surface area (Å²) in [6, 6.07) is 0.00764. The molecule has 1 saturated heterocycles. The first-order valence-electron chi connectivity index (χ1n) is 6.30. The van der Waals surface area contributed by atoms with E-state index in [2.05, 4.69) is 4.98 Å². The lowest BCUT2D eigenvalue weighted by atomic mass is 9.97. The number of piperidine rings is 1. The molecule has 2 heterocycles. The van der Waals surface area contributed by atoms with Gasteiger partial charge in [0.15, 0.2) is 6.39 Å². The zero-order chi connectivity index (χ0) is 13.1. The van der Waals surface area contributed by atoms with Gasteiger partial charge >= 0.3 is 0 Å². The standard InChI is InChI=1S/C13H18N2O3/c1-9(16)7-11-5-3-4-6-15(11)13(17)12-10(2)14-8-18-12/h8,11H,3-7H2,1-2H3. The van der Waals surface area contributed by atoms with E-state index in [9.17, 15) is 9.59 Å². The maximum Gasteiger partial charge on any atom is 0.291 e. The van der Waals surface area contributed by atoms with Crippen molar-refractivity contribution < 1.29 is 14.0 Å². The Morgan fingerprint density at radius 3 is 2.89 bits per heavy atom. The average Bonchev–Trinajstić information content (AvgIpc) is 2.74. The van der Waals surface area contributed by atoms with E-state index in [0.717, 1.165) is 19.3 Å². The number of hydrogen-bond acceptors (Lipinski definition) is 4. The van der Waals surface area contributed by atoms with Crippen LogP contribution in [0.15, 0.2) is 10.8 Å². The molecule has 0 aromatic carbocycles. The van der Waals surface area contributed by atoms with Crippen LogP contribution in [-0.2, 0) is 4.79 Å². The number of aryl methyl sites for hydroxylation is 1. The second kappa shape index (κ2) is 5.33. The Morgan fingerprint density at radius 2 is 2.28 bits per heavy atom. The molecule has 1 atom stereocenters. The number of ketones is 1. The van der Waals surface area contributed by atoms with Crippen molar-refractivity contribution in [2.45, 2.75) is 45.6 Å². The van der Waals surface area contributed by atoms with E-state index in [-0.39, 0.29) is 17.7 Å². The molecular weight excluding hydrogens is 232 g/mol. The molecule has 0 N–H and O–H groups in total. The number of hydrogen-bond donors (Lipinski definition) is 0. The predicted molar refractivity (Wildman–Crippen MR) is 65.2 cm³/mol. The van der Waals surface area contributed by atoms with E-state index < -0.39 is 0 Å². The molecule has 1 aromatic rings. The Labute approximate surface area is 106 Å². The quantitative estimate of drug-likeness (QED) is 0.822. The molecule has 0 aliphatic carbocycles. The number of nitrogens with zero attached hydrogens (tertiary/aromatic N) is 2. The van der Waals surface area contributed by atoms with Crippen molar-refractivity contribution in [3.8, 4) is 0 Å². The lowest BCUT2D eigenvalue weighted by molar-refractivity contribution is -0.118. The summed E-state index contributed by atoms with van der Waals surface area (Å²) in [7, 11) is 0. The Kier molecular flexibility index (Phi) is 3.79. The van der Waals surface area contributed by atoms with Gasteiger partial charge in [-0.15, -0.1) is 0 Å². The highest BCUT2D eigenvalue weighted by molar-refractivity contribution is 5.93. The topological polar surface area (TPSA) is 63.4 Å². The zero-order valence-corrected chi connectivity index (χ0v) is 10.8. The molecule has 0 saturated carbocycles. The minimum atomic E-state index is -0.143. The van der Waals surface area contributed by atoms with Crippen LogP contribution >= 0.6 is 0 Å². The van der Waals surface area contributed by atoms with Gasteiger partial charge in [-0.1, -0.05) is 0 Å². The molecule has 5 nitrogen and oxygen atoms in total. The molecule has 1 fully saturated rings. The van der Waals surface area contributed by atoms with Crippen LogP contribution < -0.4 is 0 Å². The maximum atomic E-state index is 12.4. The highest BCUT2D eigenvalue weighted by Crippen LogP contribution is 2.23. The molecule has 0 bridgehead atoms. The third kappa shape index (κ3) is 2.60. The van der Waals surface area contributed by atoms with Crippen LogP contribution in [-0.4, -0.2) is 34.2 Å². The van der Waals surface area contributed by atoms with E-state index in [1.54, 1.807) is 18.7 Å². The summed E-state index contributed by atoms with van der Waals surface area (Å²) in [4.78, 5) is 29.3. The van der Waals surface area contributed by atoms with Crippen LogP contribution in [0.1, 0.15) is 48.9 Å². The van der Waals surface area contributed by atoms with Crippen molar-refractivity contribution in [2.24, 2.45) is 0 Å². The van der Waals surface area contributed by atoms with Gasteiger partial charge in [0.25, 0.3) is 5.91 Å². The van der Waals surface area contributed by atoms with Crippen LogP contribution in [0.3, 0.4) is 0 Å². The number of oxazole rings is 1. The first kappa shape index (κ1) is 12.8. The second-order valence-corrected chi connectivity index (χ2v) is 4.82. The van der Waals surface area contributed by atoms with E-state index in [4.69, 9.17) is 4.42 Å². The Bertz CT molecular complexity index is 453. The fourth-order valence-corrected chi connectivity index (χ4v) is 2.45. The third-order valence-electron chi connectivity index (χ3n) is 3.35. The minimum absolute atomic E-state index is 0.00764. The van der Waals surface area contributed by atoms with E-state index in [0.29, 0.717) is 24.4 Å². The summed E-state index contributed by atoms with van der Waals surface area (Å²) in [5.74, 6) is 0.274. The van der Waals surface area contributed by atoms with Gasteiger partial charge in [0, 0.05) is 19.0 Å². The predicted octanol–water partition coefficient (Wildman–Crippen LogP) is 1.96. The number of aromatic nitrogens is 1. The minimum Gasteiger partial charge on any atom is -0.438 e. The van der Waals surface area contributed by atoms with Crippen molar-refractivity contribution in [1.29, 1.82) is 0 Å². The van der Waals surface area contributed by atoms with Gasteiger partial charge < -0.3 is 9.32 Å². The number of carbonyl (C=O) groups is 2. The van der Waals surface area contributed by atoms with Crippen LogP contribution in [0, 0.1) is 6.92 Å². The molecule has 0 spiro atoms. The molecule has 0 radical (unpaired) electrons. The summed E-state index contributed by atoms with van der Waals surface area (Å²) >= 11 is 0. The number of likely N-dealkylation sites (tertiary alicyclic amines) is 1. The van der Waals surface area contributed by atoms with Gasteiger partial charge in [-0.05, 0) is 33.1 Å². The van der Waals surface area contributed by atoms with E-state index in [1.807, 2.05) is 0 Å². The second-order valence-electron chi connectivity index (χ2n) is 4.82. The van der Waals surface area contributed by atoms with Crippen molar-refractivity contribution in [3.05, 3.63) is 17.8 Å². The van der Waals surface area contributed by atoms with Crippen LogP contribution in [0.2, 0.25) is 0 Å². The van der Waals surface area contributed by atoms with E-state index in [1.165, 1.54) is 6.39 Å². The van der Waals surface area contributed by atoms with Crippen LogP contribution in [0.4, 0.5) is 0 Å². The Balaban J connectivity index is 2.16. The molecule has 5 heteroatoms. The Hall–Kier alpha value is -1.65. The number of Topliss-reactive ketones (excluding diaryl/α,β-unsaturated/α-hetero) is 1. The van der Waals surface area contributed by atoms with Gasteiger partial charge in [-0.25, -0.2) is 4.98 Å². The largest absolute Gasteiger partial charge is 0.438 e. The van der Waals surface area contributed by atoms with Gasteiger partial charge in [0.1, 0.15) is 5.78 Å². The normalized spacial score (nSPS) is 19.9. The molecule has 1 amide bonds. The number of rotatable bonds is 3. The smallest absolute Gasteiger partial charge is 0.291 e. The zero-order valence-electron chi connectivity index (χ0n) is 10.8. The maximum absolute atomic E-state index is 12.4. The monoisotopic (exact) mass is 250 g/mol. The fourth-order valence-electron chi connectivity index (χ4n) is 2.45. The lowest BCUT2D eigenvalue weighted by Gasteiger charge is -2.34. The van der Waals surface area contributed by atoms with Crippen molar-refractivity contribution in [2.75, 3.05) is 6.54 Å². The molecule has 1 unspecified atom stereocenters. The molecule has 2 rings (SSSR count). The number of carbonyl (C=O) groups excluding carboxylic acids is 2. The highest BCUT2D eigenvalue weighted by atomic mass is 16.3. The Morgan fingerprint density at radius 1 is 1.50 bits per heavy atom. The summed E-state index contributed by atoms with van der Waals surface area (Å²) in [6.07, 6.45) is 4.65. The van der Waals surface area contributed by atoms with Crippen molar-refractivity contribution in [1.82, 2.24) is 9.88 Å². The molecule has 1 aromatic heterocycles. The van der Waals surface area contributed by atoms with Gasteiger partial charge in [0.05, 0.1) is 5.69 Å². The first-order chi connectivity index (χ1) is 8.59. The molecule has 98 valence electrons. The van der Waals surface area contributed by atoms with Crippen LogP contribution in [0.25, 0.3) is 0 Å². The van der Waals surface area contributed by atoms with Gasteiger partial charge in [-0.3, -0.25) is 9.59 Å². The summed E-state index contributed by atoms with van der Waals surface area (Å²) in [6.45, 7) is 4.01. The summed E-state index contributed by atoms with van der Waals surface area (Å²) < 4.78 is 5.15. The first-order valence-corrected chi connectivity index (χ1v) is 6.30. The highest BCUT2D eigenvalue weighted by Gasteiger charge is 2.30. The SMILES string of the molecule is CC(=O)CC1CCCCN1C(=O)c1ocnc1C. The molecular formula is C13H18N2O3. The van der Waals surface area contributed by atoms with E-state index >= 15 is 0 Å². The van der Waals surface area contributed by atoms with Crippen molar-refractivity contribution >= 4 is 11.7 Å². The van der Waals surface area contributed by atoms with Crippen molar-refractivity contribution in [3.63, 3.8) is 0 Å². The van der Waals surface area contributed by atoms with Crippen LogP contribution in [0.5, 0.6) is 0 Å². The third-order valence-corrected chi connectivity index (χ3v) is 3.35. The fraction of sp³-hybridized carbons (Fsp3) is 0.615. The number of amides is 1. The summed E-state index contributed by atoms with van der Waals surface area (Å²) in [5.41, 5.74) is 0.604. The molecule has 18 heavy (non-hydrogen) atoms.